The normalized spacial score (nSPS) is 14.0. The average Bonchev–Trinajstić information content (AvgIpc) is 3.43. The summed E-state index contributed by atoms with van der Waals surface area (Å²) in [5.74, 6) is 0.107. The highest BCUT2D eigenvalue weighted by Gasteiger charge is 2.29. The molecule has 0 unspecified atom stereocenters. The highest BCUT2D eigenvalue weighted by Crippen LogP contribution is 2.36. The Bertz CT molecular complexity index is 1390. The van der Waals surface area contributed by atoms with Crippen molar-refractivity contribution < 1.29 is 4.79 Å². The van der Waals surface area contributed by atoms with Crippen LogP contribution in [0.2, 0.25) is 0 Å². The Balaban J connectivity index is 1.53. The summed E-state index contributed by atoms with van der Waals surface area (Å²) in [7, 11) is 0. The fourth-order valence-electron chi connectivity index (χ4n) is 4.48. The van der Waals surface area contributed by atoms with Crippen LogP contribution in [-0.2, 0) is 17.8 Å². The number of H-pyrrole nitrogens is 1. The molecule has 0 bridgehead atoms. The lowest BCUT2D eigenvalue weighted by Gasteiger charge is -2.22. The minimum atomic E-state index is -0.317. The number of nitrogens with two attached hydrogens (primary N) is 1. The fraction of sp³-hybridized carbons (Fsp3) is 0.250. The Labute approximate surface area is 184 Å². The van der Waals surface area contributed by atoms with Gasteiger partial charge in [-0.3, -0.25) is 14.3 Å². The molecule has 4 aromatic rings. The minimum Gasteiger partial charge on any atom is -0.382 e. The van der Waals surface area contributed by atoms with Crippen LogP contribution in [0.4, 0.5) is 11.5 Å². The third-order valence-electron chi connectivity index (χ3n) is 6.19. The van der Waals surface area contributed by atoms with Crippen LogP contribution in [0.15, 0.2) is 53.3 Å². The molecule has 3 N–H and O–H groups in total. The zero-order valence-corrected chi connectivity index (χ0v) is 18.0. The molecule has 0 fully saturated rings. The first-order valence-corrected chi connectivity index (χ1v) is 10.7. The summed E-state index contributed by atoms with van der Waals surface area (Å²) >= 11 is 0. The average molecular weight is 428 g/mol. The maximum absolute atomic E-state index is 13.2. The number of amides is 1. The molecule has 32 heavy (non-hydrogen) atoms. The number of benzene rings is 2. The molecule has 2 aromatic heterocycles. The highest BCUT2D eigenvalue weighted by atomic mass is 16.2. The number of aryl methyl sites for hydroxylation is 1. The van der Waals surface area contributed by atoms with E-state index in [4.69, 9.17) is 5.73 Å². The molecule has 8 heteroatoms. The van der Waals surface area contributed by atoms with Crippen molar-refractivity contribution in [1.29, 1.82) is 0 Å². The van der Waals surface area contributed by atoms with Crippen molar-refractivity contribution in [3.05, 3.63) is 70.0 Å². The van der Waals surface area contributed by atoms with Crippen molar-refractivity contribution in [3.8, 4) is 11.3 Å². The Kier molecular flexibility index (Phi) is 4.77. The van der Waals surface area contributed by atoms with Gasteiger partial charge >= 0.3 is 0 Å². The molecule has 3 heterocycles. The van der Waals surface area contributed by atoms with Crippen molar-refractivity contribution in [1.82, 2.24) is 20.0 Å². The molecular formula is C24H24N6O2. The van der Waals surface area contributed by atoms with Gasteiger partial charge in [0.15, 0.2) is 5.82 Å². The summed E-state index contributed by atoms with van der Waals surface area (Å²) in [6.45, 7) is 5.04. The maximum atomic E-state index is 13.2. The second-order valence-electron chi connectivity index (χ2n) is 8.04. The molecule has 8 nitrogen and oxygen atoms in total. The Hall–Kier alpha value is -3.94. The van der Waals surface area contributed by atoms with Gasteiger partial charge in [0.25, 0.3) is 5.56 Å². The summed E-state index contributed by atoms with van der Waals surface area (Å²) in [5, 5.41) is 11.6. The van der Waals surface area contributed by atoms with Gasteiger partial charge < -0.3 is 10.6 Å². The van der Waals surface area contributed by atoms with Gasteiger partial charge in [0.2, 0.25) is 5.91 Å². The summed E-state index contributed by atoms with van der Waals surface area (Å²) in [4.78, 5) is 27.4. The molecule has 162 valence electrons. The molecule has 1 amide bonds. The predicted octanol–water partition coefficient (Wildman–Crippen LogP) is 3.08. The molecule has 1 aliphatic heterocycles. The number of aromatic nitrogens is 4. The zero-order chi connectivity index (χ0) is 22.4. The van der Waals surface area contributed by atoms with Crippen LogP contribution in [0, 0.1) is 0 Å². The van der Waals surface area contributed by atoms with Gasteiger partial charge in [-0.25, -0.2) is 5.10 Å². The number of fused-ring (bicyclic) bond motifs is 2. The third kappa shape index (κ3) is 3.07. The largest absolute Gasteiger partial charge is 0.382 e. The fourth-order valence-corrected chi connectivity index (χ4v) is 4.48. The topological polar surface area (TPSA) is 110 Å². The minimum absolute atomic E-state index is 0.0865. The lowest BCUT2D eigenvalue weighted by Crippen LogP contribution is -2.32. The summed E-state index contributed by atoms with van der Waals surface area (Å²) in [6.07, 6.45) is 0.761. The summed E-state index contributed by atoms with van der Waals surface area (Å²) < 4.78 is 1.64. The van der Waals surface area contributed by atoms with Crippen LogP contribution in [0.3, 0.4) is 0 Å². The van der Waals surface area contributed by atoms with Gasteiger partial charge in [-0.15, -0.1) is 0 Å². The van der Waals surface area contributed by atoms with E-state index in [2.05, 4.69) is 15.3 Å². The monoisotopic (exact) mass is 428 g/mol. The number of rotatable bonds is 4. The van der Waals surface area contributed by atoms with Crippen LogP contribution in [0.1, 0.15) is 30.9 Å². The number of nitrogen functional groups attached to an aromatic ring is 1. The van der Waals surface area contributed by atoms with Crippen LogP contribution in [0.5, 0.6) is 0 Å². The second kappa shape index (κ2) is 7.64. The van der Waals surface area contributed by atoms with Crippen LogP contribution in [0.25, 0.3) is 22.2 Å². The van der Waals surface area contributed by atoms with Crippen molar-refractivity contribution in [2.24, 2.45) is 0 Å². The molecule has 5 rings (SSSR count). The zero-order valence-electron chi connectivity index (χ0n) is 18.0. The third-order valence-corrected chi connectivity index (χ3v) is 6.19. The van der Waals surface area contributed by atoms with E-state index in [-0.39, 0.29) is 23.2 Å². The van der Waals surface area contributed by atoms with Gasteiger partial charge in [0, 0.05) is 24.3 Å². The quantitative estimate of drug-likeness (QED) is 0.519. The van der Waals surface area contributed by atoms with Crippen LogP contribution >= 0.6 is 0 Å². The van der Waals surface area contributed by atoms with E-state index in [1.54, 1.807) is 4.68 Å². The number of carbonyl (C=O) groups is 1. The van der Waals surface area contributed by atoms with E-state index in [0.29, 0.717) is 29.7 Å². The van der Waals surface area contributed by atoms with Gasteiger partial charge in [0.1, 0.15) is 11.2 Å². The van der Waals surface area contributed by atoms with E-state index in [0.717, 1.165) is 28.8 Å². The smallest absolute Gasteiger partial charge is 0.290 e. The van der Waals surface area contributed by atoms with Crippen LogP contribution in [-0.4, -0.2) is 32.4 Å². The maximum Gasteiger partial charge on any atom is 0.290 e. The van der Waals surface area contributed by atoms with Gasteiger partial charge in [0.05, 0.1) is 11.3 Å². The number of nitrogens with one attached hydrogen (secondary N) is 1. The highest BCUT2D eigenvalue weighted by molar-refractivity contribution is 6.02. The Morgan fingerprint density at radius 3 is 2.75 bits per heavy atom. The van der Waals surface area contributed by atoms with E-state index in [1.165, 1.54) is 0 Å². The number of nitrogens with zero attached hydrogens (tertiary/aromatic N) is 4. The molecule has 2 aromatic carbocycles. The first kappa shape index (κ1) is 20.0. The Morgan fingerprint density at radius 1 is 1.22 bits per heavy atom. The molecule has 0 saturated heterocycles. The first-order valence-electron chi connectivity index (χ1n) is 10.7. The molecule has 1 atom stereocenters. The lowest BCUT2D eigenvalue weighted by atomic mass is 9.99. The predicted molar refractivity (Wildman–Crippen MR) is 125 cm³/mol. The van der Waals surface area contributed by atoms with E-state index in [9.17, 15) is 9.59 Å². The van der Waals surface area contributed by atoms with Crippen molar-refractivity contribution >= 4 is 28.3 Å². The molecular weight excluding hydrogens is 404 g/mol. The SMILES string of the molecule is CCn1nc(-c2ccc3c(c2)CCN3C(=O)[C@H](C)c2ccccc2)c2c(N)n[nH]c(=O)c21. The molecule has 0 saturated carbocycles. The number of hydrogen-bond donors (Lipinski definition) is 2. The van der Waals surface area contributed by atoms with E-state index in [1.807, 2.05) is 67.3 Å². The summed E-state index contributed by atoms with van der Waals surface area (Å²) in [6, 6.07) is 15.8. The van der Waals surface area contributed by atoms with Gasteiger partial charge in [-0.2, -0.15) is 10.2 Å². The lowest BCUT2D eigenvalue weighted by molar-refractivity contribution is -0.119. The molecule has 0 radical (unpaired) electrons. The number of carbonyl (C=O) groups excluding carboxylic acids is 1. The molecule has 0 aliphatic carbocycles. The first-order chi connectivity index (χ1) is 15.5. The molecule has 1 aliphatic rings. The van der Waals surface area contributed by atoms with Crippen molar-refractivity contribution in [2.45, 2.75) is 32.7 Å². The number of aromatic amines is 1. The van der Waals surface area contributed by atoms with E-state index < -0.39 is 0 Å². The second-order valence-corrected chi connectivity index (χ2v) is 8.04. The van der Waals surface area contributed by atoms with Crippen molar-refractivity contribution in [3.63, 3.8) is 0 Å². The van der Waals surface area contributed by atoms with Gasteiger partial charge in [-0.1, -0.05) is 36.4 Å². The number of hydrogen-bond acceptors (Lipinski definition) is 5. The number of anilines is 2. The summed E-state index contributed by atoms with van der Waals surface area (Å²) in [5.41, 5.74) is 10.7. The van der Waals surface area contributed by atoms with Gasteiger partial charge in [-0.05, 0) is 43.5 Å². The Morgan fingerprint density at radius 2 is 2.00 bits per heavy atom. The van der Waals surface area contributed by atoms with Crippen molar-refractivity contribution in [2.75, 3.05) is 17.2 Å². The standard InChI is InChI=1S/C24H24N6O2/c1-3-30-21-19(22(25)26-27-23(21)31)20(28-30)17-9-10-18-16(13-17)11-12-29(18)24(32)14(2)15-7-5-4-6-8-15/h4-10,13-14H,3,11-12H2,1-2H3,(H2,25,26)(H,27,31)/t14-/m1/s1. The van der Waals surface area contributed by atoms with E-state index >= 15 is 0 Å². The molecule has 0 spiro atoms. The van der Waals surface area contributed by atoms with Crippen LogP contribution < -0.4 is 16.2 Å².